The van der Waals surface area contributed by atoms with Crippen molar-refractivity contribution in [3.63, 3.8) is 0 Å². The van der Waals surface area contributed by atoms with Gasteiger partial charge in [-0.1, -0.05) is 36.4 Å². The molecule has 0 saturated carbocycles. The second kappa shape index (κ2) is 8.33. The Kier molecular flexibility index (Phi) is 5.47. The summed E-state index contributed by atoms with van der Waals surface area (Å²) in [6, 6.07) is 19.0. The normalized spacial score (nSPS) is 22.7. The van der Waals surface area contributed by atoms with E-state index >= 15 is 0 Å². The standard InChI is InChI=1S/C22H28N4O/c23-22(25-20-12-14-27-21-11-5-4-10-19(20)21)24-15-17-7-6-13-26(16-17)18-8-2-1-3-9-18/h1-5,8-11,17,20H,6-7,12-16H2,(H3,23,24,25). The molecule has 1 fully saturated rings. The monoisotopic (exact) mass is 364 g/mol. The van der Waals surface area contributed by atoms with Gasteiger partial charge in [-0.3, -0.25) is 4.99 Å². The fraction of sp³-hybridized carbons (Fsp3) is 0.409. The van der Waals surface area contributed by atoms with Crippen molar-refractivity contribution in [1.82, 2.24) is 5.32 Å². The van der Waals surface area contributed by atoms with Gasteiger partial charge in [0.15, 0.2) is 5.96 Å². The molecule has 0 amide bonds. The molecule has 0 aromatic heterocycles. The lowest BCUT2D eigenvalue weighted by atomic mass is 9.97. The van der Waals surface area contributed by atoms with Crippen LogP contribution in [-0.2, 0) is 0 Å². The maximum atomic E-state index is 6.21. The Morgan fingerprint density at radius 1 is 1.11 bits per heavy atom. The van der Waals surface area contributed by atoms with Gasteiger partial charge < -0.3 is 20.7 Å². The summed E-state index contributed by atoms with van der Waals surface area (Å²) in [7, 11) is 0. The van der Waals surface area contributed by atoms with E-state index < -0.39 is 0 Å². The third kappa shape index (κ3) is 4.35. The molecule has 5 heteroatoms. The lowest BCUT2D eigenvalue weighted by Gasteiger charge is -2.34. The molecular weight excluding hydrogens is 336 g/mol. The number of benzene rings is 2. The predicted molar refractivity (Wildman–Crippen MR) is 110 cm³/mol. The molecule has 2 aromatic rings. The van der Waals surface area contributed by atoms with E-state index in [0.717, 1.165) is 37.4 Å². The number of para-hydroxylation sites is 2. The predicted octanol–water partition coefficient (Wildman–Crippen LogP) is 3.33. The number of anilines is 1. The molecule has 27 heavy (non-hydrogen) atoms. The van der Waals surface area contributed by atoms with E-state index in [1.165, 1.54) is 18.5 Å². The van der Waals surface area contributed by atoms with E-state index in [1.54, 1.807) is 0 Å². The number of nitrogens with one attached hydrogen (secondary N) is 1. The first-order valence-electron chi connectivity index (χ1n) is 9.88. The molecule has 0 aliphatic carbocycles. The van der Waals surface area contributed by atoms with E-state index in [4.69, 9.17) is 10.5 Å². The second-order valence-electron chi connectivity index (χ2n) is 7.39. The SMILES string of the molecule is NC(=NCC1CCCN(c2ccccc2)C1)NC1CCOc2ccccc21. The van der Waals surface area contributed by atoms with Gasteiger partial charge in [0.2, 0.25) is 0 Å². The van der Waals surface area contributed by atoms with Gasteiger partial charge in [-0.2, -0.15) is 0 Å². The van der Waals surface area contributed by atoms with Crippen molar-refractivity contribution in [3.8, 4) is 5.75 Å². The first kappa shape index (κ1) is 17.7. The van der Waals surface area contributed by atoms with Crippen molar-refractivity contribution in [3.05, 3.63) is 60.2 Å². The Balaban J connectivity index is 1.34. The molecule has 2 heterocycles. The average Bonchev–Trinajstić information content (AvgIpc) is 2.73. The van der Waals surface area contributed by atoms with Crippen LogP contribution in [0.2, 0.25) is 0 Å². The number of rotatable bonds is 4. The van der Waals surface area contributed by atoms with Crippen LogP contribution in [0.15, 0.2) is 59.6 Å². The minimum Gasteiger partial charge on any atom is -0.493 e. The third-order valence-corrected chi connectivity index (χ3v) is 5.44. The van der Waals surface area contributed by atoms with E-state index in [1.807, 2.05) is 18.2 Å². The lowest BCUT2D eigenvalue weighted by molar-refractivity contribution is 0.262. The van der Waals surface area contributed by atoms with Gasteiger partial charge >= 0.3 is 0 Å². The third-order valence-electron chi connectivity index (χ3n) is 5.44. The van der Waals surface area contributed by atoms with Gasteiger partial charge in [-0.15, -0.1) is 0 Å². The Labute approximate surface area is 161 Å². The molecule has 2 aliphatic rings. The summed E-state index contributed by atoms with van der Waals surface area (Å²) >= 11 is 0. The lowest BCUT2D eigenvalue weighted by Crippen LogP contribution is -2.39. The minimum absolute atomic E-state index is 0.172. The summed E-state index contributed by atoms with van der Waals surface area (Å²) in [6.07, 6.45) is 3.31. The number of nitrogens with two attached hydrogens (primary N) is 1. The Bertz CT molecular complexity index is 777. The van der Waals surface area contributed by atoms with Crippen molar-refractivity contribution in [2.45, 2.75) is 25.3 Å². The molecule has 4 rings (SSSR count). The van der Waals surface area contributed by atoms with Crippen LogP contribution in [0.25, 0.3) is 0 Å². The largest absolute Gasteiger partial charge is 0.493 e. The Hall–Kier alpha value is -2.69. The number of hydrogen-bond donors (Lipinski definition) is 2. The van der Waals surface area contributed by atoms with Gasteiger partial charge in [0, 0.05) is 37.3 Å². The smallest absolute Gasteiger partial charge is 0.189 e. The zero-order valence-electron chi connectivity index (χ0n) is 15.7. The van der Waals surface area contributed by atoms with Crippen LogP contribution in [0.1, 0.15) is 30.9 Å². The Morgan fingerprint density at radius 3 is 2.81 bits per heavy atom. The highest BCUT2D eigenvalue weighted by Gasteiger charge is 2.22. The van der Waals surface area contributed by atoms with Gasteiger partial charge in [-0.05, 0) is 37.0 Å². The Morgan fingerprint density at radius 2 is 1.93 bits per heavy atom. The van der Waals surface area contributed by atoms with Gasteiger partial charge in [0.1, 0.15) is 5.75 Å². The summed E-state index contributed by atoms with van der Waals surface area (Å²) in [4.78, 5) is 7.12. The molecule has 2 unspecified atom stereocenters. The van der Waals surface area contributed by atoms with Crippen molar-refractivity contribution >= 4 is 11.6 Å². The number of nitrogens with zero attached hydrogens (tertiary/aromatic N) is 2. The van der Waals surface area contributed by atoms with E-state index in [2.05, 4.69) is 51.6 Å². The summed E-state index contributed by atoms with van der Waals surface area (Å²) in [5.74, 6) is 2.02. The molecule has 2 aromatic carbocycles. The van der Waals surface area contributed by atoms with Crippen molar-refractivity contribution in [1.29, 1.82) is 0 Å². The van der Waals surface area contributed by atoms with E-state index in [0.29, 0.717) is 18.5 Å². The van der Waals surface area contributed by atoms with Crippen LogP contribution in [0.5, 0.6) is 5.75 Å². The number of aliphatic imine (C=N–C) groups is 1. The average molecular weight is 364 g/mol. The molecule has 0 bridgehead atoms. The van der Waals surface area contributed by atoms with Crippen LogP contribution < -0.4 is 20.7 Å². The first-order valence-corrected chi connectivity index (χ1v) is 9.88. The quantitative estimate of drug-likeness (QED) is 0.645. The number of fused-ring (bicyclic) bond motifs is 1. The molecule has 5 nitrogen and oxygen atoms in total. The summed E-state index contributed by atoms with van der Waals surface area (Å²) in [5.41, 5.74) is 8.67. The van der Waals surface area contributed by atoms with Crippen LogP contribution in [-0.4, -0.2) is 32.2 Å². The van der Waals surface area contributed by atoms with Crippen molar-refractivity contribution in [2.24, 2.45) is 16.6 Å². The van der Waals surface area contributed by atoms with E-state index in [-0.39, 0.29) is 6.04 Å². The number of hydrogen-bond acceptors (Lipinski definition) is 3. The summed E-state index contributed by atoms with van der Waals surface area (Å²) in [5, 5.41) is 3.39. The highest BCUT2D eigenvalue weighted by atomic mass is 16.5. The molecule has 142 valence electrons. The molecule has 0 radical (unpaired) electrons. The van der Waals surface area contributed by atoms with Crippen molar-refractivity contribution < 1.29 is 4.74 Å². The fourth-order valence-electron chi connectivity index (χ4n) is 4.03. The molecule has 2 aliphatic heterocycles. The summed E-state index contributed by atoms with van der Waals surface area (Å²) in [6.45, 7) is 3.64. The molecule has 2 atom stereocenters. The van der Waals surface area contributed by atoms with Gasteiger partial charge in [0.25, 0.3) is 0 Å². The number of guanidine groups is 1. The maximum absolute atomic E-state index is 6.21. The van der Waals surface area contributed by atoms with Gasteiger partial charge in [0.05, 0.1) is 12.6 Å². The van der Waals surface area contributed by atoms with Gasteiger partial charge in [-0.25, -0.2) is 0 Å². The number of ether oxygens (including phenoxy) is 1. The van der Waals surface area contributed by atoms with Crippen LogP contribution >= 0.6 is 0 Å². The topological polar surface area (TPSA) is 62.9 Å². The maximum Gasteiger partial charge on any atom is 0.189 e. The van der Waals surface area contributed by atoms with Crippen molar-refractivity contribution in [2.75, 3.05) is 31.1 Å². The molecule has 3 N–H and O–H groups in total. The highest BCUT2D eigenvalue weighted by Crippen LogP contribution is 2.31. The molecule has 0 spiro atoms. The first-order chi connectivity index (χ1) is 13.3. The zero-order chi connectivity index (χ0) is 18.5. The minimum atomic E-state index is 0.172. The second-order valence-corrected chi connectivity index (χ2v) is 7.39. The van der Waals surface area contributed by atoms with Crippen LogP contribution in [0, 0.1) is 5.92 Å². The van der Waals surface area contributed by atoms with Crippen LogP contribution in [0.4, 0.5) is 5.69 Å². The zero-order valence-corrected chi connectivity index (χ0v) is 15.7. The summed E-state index contributed by atoms with van der Waals surface area (Å²) < 4.78 is 5.72. The highest BCUT2D eigenvalue weighted by molar-refractivity contribution is 5.78. The molecule has 1 saturated heterocycles. The molecular formula is C22H28N4O. The number of piperidine rings is 1. The van der Waals surface area contributed by atoms with Crippen LogP contribution in [0.3, 0.4) is 0 Å². The van der Waals surface area contributed by atoms with E-state index in [9.17, 15) is 0 Å². The fourth-order valence-corrected chi connectivity index (χ4v) is 4.03.